The van der Waals surface area contributed by atoms with Crippen molar-refractivity contribution in [2.45, 2.75) is 37.6 Å². The quantitative estimate of drug-likeness (QED) is 0.854. The van der Waals surface area contributed by atoms with Crippen molar-refractivity contribution in [3.05, 3.63) is 23.2 Å². The predicted octanol–water partition coefficient (Wildman–Crippen LogP) is 2.73. The van der Waals surface area contributed by atoms with Gasteiger partial charge in [0.25, 0.3) is 0 Å². The van der Waals surface area contributed by atoms with Gasteiger partial charge in [-0.2, -0.15) is 4.31 Å². The maximum atomic E-state index is 12.6. The highest BCUT2D eigenvalue weighted by Gasteiger charge is 2.34. The van der Waals surface area contributed by atoms with Crippen LogP contribution in [0.2, 0.25) is 5.02 Å². The lowest BCUT2D eigenvalue weighted by Gasteiger charge is -2.36. The fourth-order valence-corrected chi connectivity index (χ4v) is 4.37. The molecule has 2 N–H and O–H groups in total. The smallest absolute Gasteiger partial charge is 0.243 e. The standard InChI is InChI=1S/C13H19ClN2O2S/c1-9-4-3-7-16(10(9)2)19(17,18)11-5-6-12(14)13(15)8-11/h5-6,8-10H,3-4,7,15H2,1-2H3. The van der Waals surface area contributed by atoms with Crippen LogP contribution in [0, 0.1) is 5.92 Å². The van der Waals surface area contributed by atoms with Gasteiger partial charge in [-0.3, -0.25) is 0 Å². The Labute approximate surface area is 119 Å². The fraction of sp³-hybridized carbons (Fsp3) is 0.538. The SMILES string of the molecule is CC1CCCN(S(=O)(=O)c2ccc(Cl)c(N)c2)C1C. The molecule has 106 valence electrons. The van der Waals surface area contributed by atoms with Crippen LogP contribution >= 0.6 is 11.6 Å². The van der Waals surface area contributed by atoms with E-state index in [0.717, 1.165) is 12.8 Å². The van der Waals surface area contributed by atoms with Crippen molar-refractivity contribution < 1.29 is 8.42 Å². The molecule has 4 nitrogen and oxygen atoms in total. The van der Waals surface area contributed by atoms with Gasteiger partial charge < -0.3 is 5.73 Å². The highest BCUT2D eigenvalue weighted by molar-refractivity contribution is 7.89. The molecule has 0 saturated carbocycles. The second kappa shape index (κ2) is 5.31. The number of hydrogen-bond donors (Lipinski definition) is 1. The van der Waals surface area contributed by atoms with Crippen LogP contribution < -0.4 is 5.73 Å². The molecule has 1 aliphatic rings. The molecule has 2 unspecified atom stereocenters. The second-order valence-corrected chi connectivity index (χ2v) is 7.46. The van der Waals surface area contributed by atoms with Gasteiger partial charge in [-0.05, 0) is 43.9 Å². The van der Waals surface area contributed by atoms with E-state index in [2.05, 4.69) is 6.92 Å². The van der Waals surface area contributed by atoms with Crippen molar-refractivity contribution in [3.63, 3.8) is 0 Å². The molecule has 1 aromatic carbocycles. The summed E-state index contributed by atoms with van der Waals surface area (Å²) in [4.78, 5) is 0.218. The van der Waals surface area contributed by atoms with Gasteiger partial charge in [0.05, 0.1) is 15.6 Å². The van der Waals surface area contributed by atoms with Gasteiger partial charge in [0.2, 0.25) is 10.0 Å². The second-order valence-electron chi connectivity index (χ2n) is 5.16. The Morgan fingerprint density at radius 3 is 2.68 bits per heavy atom. The Morgan fingerprint density at radius 2 is 2.05 bits per heavy atom. The molecule has 1 aliphatic heterocycles. The minimum Gasteiger partial charge on any atom is -0.397 e. The summed E-state index contributed by atoms with van der Waals surface area (Å²) in [5.41, 5.74) is 5.99. The first kappa shape index (κ1) is 14.6. The number of nitrogens with two attached hydrogens (primary N) is 1. The molecule has 0 amide bonds. The summed E-state index contributed by atoms with van der Waals surface area (Å²) in [5.74, 6) is 0.369. The van der Waals surface area contributed by atoms with E-state index in [9.17, 15) is 8.42 Å². The van der Waals surface area contributed by atoms with Crippen molar-refractivity contribution in [1.82, 2.24) is 4.31 Å². The molecule has 0 aliphatic carbocycles. The number of hydrogen-bond acceptors (Lipinski definition) is 3. The lowest BCUT2D eigenvalue weighted by atomic mass is 9.94. The third-order valence-corrected chi connectivity index (χ3v) is 6.22. The zero-order chi connectivity index (χ0) is 14.2. The monoisotopic (exact) mass is 302 g/mol. The van der Waals surface area contributed by atoms with Crippen molar-refractivity contribution >= 4 is 27.3 Å². The van der Waals surface area contributed by atoms with Crippen LogP contribution in [-0.4, -0.2) is 25.3 Å². The lowest BCUT2D eigenvalue weighted by Crippen LogP contribution is -2.45. The number of nitrogens with zero attached hydrogens (tertiary/aromatic N) is 1. The number of benzene rings is 1. The Hall–Kier alpha value is -0.780. The van der Waals surface area contributed by atoms with E-state index in [1.54, 1.807) is 4.31 Å². The molecule has 19 heavy (non-hydrogen) atoms. The molecule has 0 bridgehead atoms. The van der Waals surface area contributed by atoms with Crippen LogP contribution in [0.4, 0.5) is 5.69 Å². The normalized spacial score (nSPS) is 25.4. The minimum absolute atomic E-state index is 0.00986. The maximum absolute atomic E-state index is 12.6. The van der Waals surface area contributed by atoms with Crippen molar-refractivity contribution in [1.29, 1.82) is 0 Å². The molecule has 1 fully saturated rings. The molecule has 0 spiro atoms. The predicted molar refractivity (Wildman–Crippen MR) is 77.6 cm³/mol. The third kappa shape index (κ3) is 2.73. The average molecular weight is 303 g/mol. The maximum Gasteiger partial charge on any atom is 0.243 e. The third-order valence-electron chi connectivity index (χ3n) is 3.89. The van der Waals surface area contributed by atoms with Gasteiger partial charge in [-0.25, -0.2) is 8.42 Å². The molecule has 0 radical (unpaired) electrons. The number of piperidine rings is 1. The highest BCUT2D eigenvalue weighted by Crippen LogP contribution is 2.30. The van der Waals surface area contributed by atoms with Gasteiger partial charge in [-0.1, -0.05) is 18.5 Å². The number of nitrogen functional groups attached to an aromatic ring is 1. The van der Waals surface area contributed by atoms with Crippen LogP contribution in [-0.2, 0) is 10.0 Å². The van der Waals surface area contributed by atoms with Crippen molar-refractivity contribution in [2.75, 3.05) is 12.3 Å². The van der Waals surface area contributed by atoms with Crippen LogP contribution in [0.5, 0.6) is 0 Å². The van der Waals surface area contributed by atoms with E-state index in [0.29, 0.717) is 23.2 Å². The molecular formula is C13H19ClN2O2S. The van der Waals surface area contributed by atoms with Gasteiger partial charge in [0, 0.05) is 12.6 Å². The van der Waals surface area contributed by atoms with Gasteiger partial charge >= 0.3 is 0 Å². The number of halogens is 1. The molecule has 1 saturated heterocycles. The van der Waals surface area contributed by atoms with Crippen LogP contribution in [0.25, 0.3) is 0 Å². The molecule has 0 aromatic heterocycles. The first-order valence-corrected chi connectivity index (χ1v) is 8.22. The Morgan fingerprint density at radius 1 is 1.37 bits per heavy atom. The van der Waals surface area contributed by atoms with Crippen LogP contribution in [0.15, 0.2) is 23.1 Å². The zero-order valence-electron chi connectivity index (χ0n) is 11.1. The molecule has 6 heteroatoms. The number of anilines is 1. The Balaban J connectivity index is 2.38. The van der Waals surface area contributed by atoms with Gasteiger partial charge in [-0.15, -0.1) is 0 Å². The summed E-state index contributed by atoms with van der Waals surface area (Å²) in [5, 5.41) is 0.374. The topological polar surface area (TPSA) is 63.4 Å². The van der Waals surface area contributed by atoms with E-state index in [1.807, 2.05) is 6.92 Å². The number of rotatable bonds is 2. The highest BCUT2D eigenvalue weighted by atomic mass is 35.5. The Kier molecular flexibility index (Phi) is 4.08. The number of sulfonamides is 1. The van der Waals surface area contributed by atoms with E-state index in [4.69, 9.17) is 17.3 Å². The first-order valence-electron chi connectivity index (χ1n) is 6.41. The average Bonchev–Trinajstić information content (AvgIpc) is 2.35. The fourth-order valence-electron chi connectivity index (χ4n) is 2.45. The molecule has 1 aromatic rings. The first-order chi connectivity index (χ1) is 8.84. The summed E-state index contributed by atoms with van der Waals surface area (Å²) in [6.07, 6.45) is 1.96. The Bertz CT molecular complexity index is 574. The molecule has 2 rings (SSSR count). The van der Waals surface area contributed by atoms with Crippen LogP contribution in [0.3, 0.4) is 0 Å². The molecular weight excluding hydrogens is 284 g/mol. The molecule has 1 heterocycles. The lowest BCUT2D eigenvalue weighted by molar-refractivity contribution is 0.202. The summed E-state index contributed by atoms with van der Waals surface area (Å²) in [6.45, 7) is 4.61. The van der Waals surface area contributed by atoms with Gasteiger partial charge in [0.15, 0.2) is 0 Å². The van der Waals surface area contributed by atoms with Crippen molar-refractivity contribution in [2.24, 2.45) is 5.92 Å². The minimum atomic E-state index is -3.49. The van der Waals surface area contributed by atoms with Crippen molar-refractivity contribution in [3.8, 4) is 0 Å². The van der Waals surface area contributed by atoms with E-state index < -0.39 is 10.0 Å². The van der Waals surface area contributed by atoms with Gasteiger partial charge in [0.1, 0.15) is 0 Å². The zero-order valence-corrected chi connectivity index (χ0v) is 12.7. The van der Waals surface area contributed by atoms with Crippen LogP contribution in [0.1, 0.15) is 26.7 Å². The summed E-state index contributed by atoms with van der Waals surface area (Å²) >= 11 is 5.83. The molecule has 2 atom stereocenters. The summed E-state index contributed by atoms with van der Waals surface area (Å²) in [7, 11) is -3.49. The summed E-state index contributed by atoms with van der Waals surface area (Å²) < 4.78 is 26.8. The largest absolute Gasteiger partial charge is 0.397 e. The van der Waals surface area contributed by atoms with E-state index >= 15 is 0 Å². The van der Waals surface area contributed by atoms with E-state index in [-0.39, 0.29) is 10.9 Å². The summed E-state index contributed by atoms with van der Waals surface area (Å²) in [6, 6.07) is 4.49. The van der Waals surface area contributed by atoms with E-state index in [1.165, 1.54) is 18.2 Å².